The van der Waals surface area contributed by atoms with Crippen LogP contribution >= 0.6 is 27.3 Å². The van der Waals surface area contributed by atoms with Gasteiger partial charge in [-0.3, -0.25) is 4.79 Å². The fourth-order valence-electron chi connectivity index (χ4n) is 1.68. The van der Waals surface area contributed by atoms with E-state index in [9.17, 15) is 4.79 Å². The summed E-state index contributed by atoms with van der Waals surface area (Å²) in [7, 11) is 0. The first-order valence-corrected chi connectivity index (χ1v) is 7.62. The molecule has 19 heavy (non-hydrogen) atoms. The number of nitrogens with one attached hydrogen (secondary N) is 1. The molecule has 0 atom stereocenters. The minimum atomic E-state index is -0.102. The first-order chi connectivity index (χ1) is 9.11. The minimum absolute atomic E-state index is 0.102. The molecule has 100 valence electrons. The zero-order valence-corrected chi connectivity index (χ0v) is 13.1. The van der Waals surface area contributed by atoms with Gasteiger partial charge in [0.1, 0.15) is 0 Å². The second-order valence-electron chi connectivity index (χ2n) is 4.07. The van der Waals surface area contributed by atoms with E-state index in [0.29, 0.717) is 18.5 Å². The van der Waals surface area contributed by atoms with Crippen LogP contribution in [0.5, 0.6) is 0 Å². The quantitative estimate of drug-likeness (QED) is 0.931. The van der Waals surface area contributed by atoms with Crippen LogP contribution in [-0.4, -0.2) is 16.1 Å². The Morgan fingerprint density at radius 1 is 1.47 bits per heavy atom. The molecule has 0 spiro atoms. The molecule has 0 fully saturated rings. The van der Waals surface area contributed by atoms with Gasteiger partial charge in [-0.25, -0.2) is 0 Å². The van der Waals surface area contributed by atoms with Crippen molar-refractivity contribution in [1.29, 1.82) is 0 Å². The van der Waals surface area contributed by atoms with Gasteiger partial charge in [-0.05, 0) is 46.8 Å². The molecular weight excluding hydrogens is 326 g/mol. The third-order valence-corrected chi connectivity index (χ3v) is 4.60. The molecule has 0 unspecified atom stereocenters. The van der Waals surface area contributed by atoms with Gasteiger partial charge in [0.2, 0.25) is 0 Å². The maximum atomic E-state index is 12.2. The van der Waals surface area contributed by atoms with Gasteiger partial charge in [0.25, 0.3) is 5.91 Å². The fourth-order valence-corrected chi connectivity index (χ4v) is 3.11. The predicted molar refractivity (Wildman–Crippen MR) is 79.3 cm³/mol. The molecule has 0 radical (unpaired) electrons. The molecular formula is C13H14BrN3OS. The van der Waals surface area contributed by atoms with Crippen LogP contribution in [0.4, 0.5) is 0 Å². The number of carbonyl (C=O) groups is 1. The summed E-state index contributed by atoms with van der Waals surface area (Å²) < 4.78 is 1.03. The van der Waals surface area contributed by atoms with Crippen molar-refractivity contribution in [2.24, 2.45) is 0 Å². The molecule has 0 aromatic carbocycles. The molecule has 0 saturated heterocycles. The van der Waals surface area contributed by atoms with Gasteiger partial charge in [0.05, 0.1) is 23.5 Å². The van der Waals surface area contributed by atoms with Crippen molar-refractivity contribution in [3.05, 3.63) is 43.8 Å². The molecule has 0 aliphatic carbocycles. The lowest BCUT2D eigenvalue weighted by Gasteiger charge is -2.08. The molecule has 2 rings (SSSR count). The Morgan fingerprint density at radius 3 is 2.89 bits per heavy atom. The lowest BCUT2D eigenvalue weighted by atomic mass is 10.1. The van der Waals surface area contributed by atoms with E-state index in [2.05, 4.69) is 31.4 Å². The summed E-state index contributed by atoms with van der Waals surface area (Å²) in [5.41, 5.74) is 2.09. The molecule has 2 aromatic heterocycles. The number of hydrogen-bond acceptors (Lipinski definition) is 4. The van der Waals surface area contributed by atoms with E-state index >= 15 is 0 Å². The average molecular weight is 340 g/mol. The van der Waals surface area contributed by atoms with E-state index in [4.69, 9.17) is 0 Å². The van der Waals surface area contributed by atoms with Crippen LogP contribution in [0.1, 0.15) is 33.5 Å². The molecule has 0 aliphatic rings. The number of aryl methyl sites for hydroxylation is 2. The standard InChI is InChI=1S/C13H14BrN3OS/c1-3-11-9(6-8(2)16-17-11)13(18)15-7-12-10(14)4-5-19-12/h4-6H,3,7H2,1-2H3,(H,15,18). The summed E-state index contributed by atoms with van der Waals surface area (Å²) in [4.78, 5) is 13.3. The van der Waals surface area contributed by atoms with E-state index in [-0.39, 0.29) is 5.91 Å². The van der Waals surface area contributed by atoms with Gasteiger partial charge in [0, 0.05) is 9.35 Å². The molecule has 1 amide bonds. The van der Waals surface area contributed by atoms with Gasteiger partial charge in [-0.2, -0.15) is 10.2 Å². The van der Waals surface area contributed by atoms with Crippen LogP contribution in [0.25, 0.3) is 0 Å². The minimum Gasteiger partial charge on any atom is -0.347 e. The van der Waals surface area contributed by atoms with Gasteiger partial charge >= 0.3 is 0 Å². The Bertz CT molecular complexity index is 597. The highest BCUT2D eigenvalue weighted by atomic mass is 79.9. The first kappa shape index (κ1) is 14.1. The van der Waals surface area contributed by atoms with Crippen molar-refractivity contribution in [3.63, 3.8) is 0 Å². The van der Waals surface area contributed by atoms with Crippen LogP contribution in [0.15, 0.2) is 22.0 Å². The largest absolute Gasteiger partial charge is 0.347 e. The van der Waals surface area contributed by atoms with Crippen LogP contribution in [0, 0.1) is 6.92 Å². The number of halogens is 1. The zero-order chi connectivity index (χ0) is 13.8. The number of aromatic nitrogens is 2. The van der Waals surface area contributed by atoms with E-state index in [1.54, 1.807) is 17.4 Å². The predicted octanol–water partition coefficient (Wildman–Crippen LogP) is 3.10. The number of nitrogens with zero attached hydrogens (tertiary/aromatic N) is 2. The van der Waals surface area contributed by atoms with Crippen LogP contribution in [0.2, 0.25) is 0 Å². The third kappa shape index (κ3) is 3.39. The van der Waals surface area contributed by atoms with Gasteiger partial charge in [0.15, 0.2) is 0 Å². The molecule has 2 aromatic rings. The van der Waals surface area contributed by atoms with Crippen molar-refractivity contribution in [2.75, 3.05) is 0 Å². The lowest BCUT2D eigenvalue weighted by Crippen LogP contribution is -2.24. The second kappa shape index (κ2) is 6.25. The highest BCUT2D eigenvalue weighted by molar-refractivity contribution is 9.10. The van der Waals surface area contributed by atoms with Gasteiger partial charge < -0.3 is 5.32 Å². The molecule has 0 bridgehead atoms. The third-order valence-electron chi connectivity index (χ3n) is 2.67. The molecule has 0 aliphatic heterocycles. The topological polar surface area (TPSA) is 54.9 Å². The van der Waals surface area contributed by atoms with Crippen molar-refractivity contribution < 1.29 is 4.79 Å². The number of amides is 1. The number of thiophene rings is 1. The number of hydrogen-bond donors (Lipinski definition) is 1. The van der Waals surface area contributed by atoms with E-state index in [1.807, 2.05) is 25.3 Å². The summed E-state index contributed by atoms with van der Waals surface area (Å²) in [6.07, 6.45) is 0.693. The summed E-state index contributed by atoms with van der Waals surface area (Å²) in [5.74, 6) is -0.102. The smallest absolute Gasteiger partial charge is 0.253 e. The Hall–Kier alpha value is -1.27. The monoisotopic (exact) mass is 339 g/mol. The van der Waals surface area contributed by atoms with Gasteiger partial charge in [-0.1, -0.05) is 6.92 Å². The Morgan fingerprint density at radius 2 is 2.26 bits per heavy atom. The molecule has 2 heterocycles. The summed E-state index contributed by atoms with van der Waals surface area (Å²) >= 11 is 5.06. The SMILES string of the molecule is CCc1nnc(C)cc1C(=O)NCc1sccc1Br. The van der Waals surface area contributed by atoms with Crippen molar-refractivity contribution in [3.8, 4) is 0 Å². The van der Waals surface area contributed by atoms with E-state index < -0.39 is 0 Å². The lowest BCUT2D eigenvalue weighted by molar-refractivity contribution is 0.0949. The zero-order valence-electron chi connectivity index (χ0n) is 10.7. The molecule has 0 saturated carbocycles. The van der Waals surface area contributed by atoms with Crippen LogP contribution in [-0.2, 0) is 13.0 Å². The Balaban J connectivity index is 2.12. The highest BCUT2D eigenvalue weighted by Gasteiger charge is 2.13. The van der Waals surface area contributed by atoms with Crippen LogP contribution < -0.4 is 5.32 Å². The second-order valence-corrected chi connectivity index (χ2v) is 5.93. The molecule has 6 heteroatoms. The Kier molecular flexibility index (Phi) is 4.66. The normalized spacial score (nSPS) is 10.5. The maximum Gasteiger partial charge on any atom is 0.253 e. The Labute approximate surface area is 124 Å². The highest BCUT2D eigenvalue weighted by Crippen LogP contribution is 2.22. The molecule has 1 N–H and O–H groups in total. The summed E-state index contributed by atoms with van der Waals surface area (Å²) in [6, 6.07) is 3.76. The molecule has 4 nitrogen and oxygen atoms in total. The van der Waals surface area contributed by atoms with E-state index in [1.165, 1.54) is 0 Å². The van der Waals surface area contributed by atoms with Crippen molar-refractivity contribution in [2.45, 2.75) is 26.8 Å². The summed E-state index contributed by atoms with van der Waals surface area (Å²) in [6.45, 7) is 4.31. The maximum absolute atomic E-state index is 12.2. The summed E-state index contributed by atoms with van der Waals surface area (Å²) in [5, 5.41) is 12.9. The fraction of sp³-hybridized carbons (Fsp3) is 0.308. The van der Waals surface area contributed by atoms with Crippen molar-refractivity contribution >= 4 is 33.2 Å². The van der Waals surface area contributed by atoms with Crippen molar-refractivity contribution in [1.82, 2.24) is 15.5 Å². The first-order valence-electron chi connectivity index (χ1n) is 5.95. The van der Waals surface area contributed by atoms with Crippen LogP contribution in [0.3, 0.4) is 0 Å². The average Bonchev–Trinajstić information content (AvgIpc) is 2.81. The number of rotatable bonds is 4. The number of carbonyl (C=O) groups excluding carboxylic acids is 1. The van der Waals surface area contributed by atoms with Gasteiger partial charge in [-0.15, -0.1) is 11.3 Å². The van der Waals surface area contributed by atoms with E-state index in [0.717, 1.165) is 20.7 Å².